The zero-order valence-electron chi connectivity index (χ0n) is 12.6. The summed E-state index contributed by atoms with van der Waals surface area (Å²) in [5, 5.41) is 0. The summed E-state index contributed by atoms with van der Waals surface area (Å²) in [4.78, 5) is 16.4. The lowest BCUT2D eigenvalue weighted by Gasteiger charge is -2.10. The summed E-state index contributed by atoms with van der Waals surface area (Å²) in [5.74, 6) is -0.0123. The summed E-state index contributed by atoms with van der Waals surface area (Å²) in [5.41, 5.74) is 3.07. The van der Waals surface area contributed by atoms with Crippen LogP contribution in [0.1, 0.15) is 29.9 Å². The highest BCUT2D eigenvalue weighted by Gasteiger charge is 2.17. The van der Waals surface area contributed by atoms with Gasteiger partial charge in [0.1, 0.15) is 0 Å². The minimum Gasteiger partial charge on any atom is -0.491 e. The van der Waals surface area contributed by atoms with E-state index in [9.17, 15) is 4.79 Å². The summed E-state index contributed by atoms with van der Waals surface area (Å²) in [6.07, 6.45) is 0. The maximum atomic E-state index is 12.0. The molecule has 1 heterocycles. The van der Waals surface area contributed by atoms with Gasteiger partial charge in [0.05, 0.1) is 18.9 Å². The summed E-state index contributed by atoms with van der Waals surface area (Å²) >= 11 is 0. The highest BCUT2D eigenvalue weighted by atomic mass is 16.5. The molecule has 0 spiro atoms. The van der Waals surface area contributed by atoms with Crippen molar-refractivity contribution >= 4 is 5.97 Å². The Kier molecular flexibility index (Phi) is 4.93. The number of pyridine rings is 1. The molecule has 1 aromatic heterocycles. The standard InChI is InChI=1S/C17H19NO3/c1-4-20-15-11-10-14(13-8-6-12(3)7-9-13)18-16(15)17(19)21-5-2/h6-11H,4-5H2,1-3H3. The Hall–Kier alpha value is -2.36. The molecule has 0 aliphatic carbocycles. The molecule has 4 nitrogen and oxygen atoms in total. The number of aryl methyl sites for hydroxylation is 1. The normalized spacial score (nSPS) is 10.2. The molecule has 21 heavy (non-hydrogen) atoms. The van der Waals surface area contributed by atoms with E-state index in [0.717, 1.165) is 11.3 Å². The minimum atomic E-state index is -0.463. The van der Waals surface area contributed by atoms with Crippen LogP contribution in [-0.4, -0.2) is 24.2 Å². The molecule has 0 bridgehead atoms. The van der Waals surface area contributed by atoms with Crippen molar-refractivity contribution in [2.75, 3.05) is 13.2 Å². The van der Waals surface area contributed by atoms with Crippen LogP contribution in [0.3, 0.4) is 0 Å². The third-order valence-corrected chi connectivity index (χ3v) is 2.97. The first-order valence-corrected chi connectivity index (χ1v) is 7.03. The van der Waals surface area contributed by atoms with E-state index in [-0.39, 0.29) is 5.69 Å². The molecule has 4 heteroatoms. The molecule has 1 aromatic carbocycles. The molecular weight excluding hydrogens is 266 g/mol. The number of esters is 1. The molecule has 0 saturated heterocycles. The topological polar surface area (TPSA) is 48.4 Å². The molecule has 0 N–H and O–H groups in total. The van der Waals surface area contributed by atoms with Crippen LogP contribution in [0, 0.1) is 6.92 Å². The first kappa shape index (κ1) is 15.0. The molecule has 0 aliphatic rings. The second kappa shape index (κ2) is 6.88. The number of aromatic nitrogens is 1. The first-order valence-electron chi connectivity index (χ1n) is 7.03. The summed E-state index contributed by atoms with van der Waals surface area (Å²) < 4.78 is 10.5. The molecule has 2 aromatic rings. The van der Waals surface area contributed by atoms with E-state index in [1.165, 1.54) is 5.56 Å². The van der Waals surface area contributed by atoms with Crippen LogP contribution < -0.4 is 4.74 Å². The van der Waals surface area contributed by atoms with Crippen LogP contribution in [0.4, 0.5) is 0 Å². The smallest absolute Gasteiger partial charge is 0.360 e. The number of hydrogen-bond donors (Lipinski definition) is 0. The Morgan fingerprint density at radius 2 is 1.76 bits per heavy atom. The lowest BCUT2D eigenvalue weighted by molar-refractivity contribution is 0.0515. The van der Waals surface area contributed by atoms with Gasteiger partial charge >= 0.3 is 5.97 Å². The summed E-state index contributed by atoms with van der Waals surface area (Å²) in [7, 11) is 0. The third kappa shape index (κ3) is 3.60. The van der Waals surface area contributed by atoms with E-state index in [2.05, 4.69) is 4.98 Å². The van der Waals surface area contributed by atoms with Gasteiger partial charge in [0.2, 0.25) is 0 Å². The predicted molar refractivity (Wildman–Crippen MR) is 81.5 cm³/mol. The van der Waals surface area contributed by atoms with E-state index >= 15 is 0 Å². The lowest BCUT2D eigenvalue weighted by atomic mass is 10.1. The van der Waals surface area contributed by atoms with Gasteiger partial charge in [-0.15, -0.1) is 0 Å². The average molecular weight is 285 g/mol. The van der Waals surface area contributed by atoms with Crippen LogP contribution >= 0.6 is 0 Å². The molecule has 0 radical (unpaired) electrons. The van der Waals surface area contributed by atoms with E-state index in [1.54, 1.807) is 13.0 Å². The van der Waals surface area contributed by atoms with Crippen molar-refractivity contribution in [2.24, 2.45) is 0 Å². The van der Waals surface area contributed by atoms with Gasteiger partial charge in [-0.25, -0.2) is 9.78 Å². The van der Waals surface area contributed by atoms with Gasteiger partial charge in [-0.1, -0.05) is 29.8 Å². The number of benzene rings is 1. The Morgan fingerprint density at radius 3 is 2.38 bits per heavy atom. The van der Waals surface area contributed by atoms with Crippen molar-refractivity contribution in [3.63, 3.8) is 0 Å². The Morgan fingerprint density at radius 1 is 1.05 bits per heavy atom. The van der Waals surface area contributed by atoms with Crippen molar-refractivity contribution < 1.29 is 14.3 Å². The van der Waals surface area contributed by atoms with Crippen LogP contribution in [0.2, 0.25) is 0 Å². The number of rotatable bonds is 5. The van der Waals surface area contributed by atoms with Crippen LogP contribution in [0.5, 0.6) is 5.75 Å². The van der Waals surface area contributed by atoms with Crippen LogP contribution in [-0.2, 0) is 4.74 Å². The predicted octanol–water partition coefficient (Wildman–Crippen LogP) is 3.63. The van der Waals surface area contributed by atoms with Crippen molar-refractivity contribution in [3.05, 3.63) is 47.7 Å². The highest BCUT2D eigenvalue weighted by molar-refractivity contribution is 5.91. The average Bonchev–Trinajstić information content (AvgIpc) is 2.49. The van der Waals surface area contributed by atoms with Gasteiger partial charge in [0, 0.05) is 5.56 Å². The maximum absolute atomic E-state index is 12.0. The Balaban J connectivity index is 2.42. The van der Waals surface area contributed by atoms with Gasteiger partial charge in [-0.05, 0) is 32.9 Å². The van der Waals surface area contributed by atoms with E-state index < -0.39 is 5.97 Å². The minimum absolute atomic E-state index is 0.219. The van der Waals surface area contributed by atoms with Crippen molar-refractivity contribution in [1.82, 2.24) is 4.98 Å². The van der Waals surface area contributed by atoms with Gasteiger partial charge in [-0.2, -0.15) is 0 Å². The Labute approximate surface area is 124 Å². The monoisotopic (exact) mass is 285 g/mol. The number of hydrogen-bond acceptors (Lipinski definition) is 4. The SMILES string of the molecule is CCOC(=O)c1nc(-c2ccc(C)cc2)ccc1OCC. The lowest BCUT2D eigenvalue weighted by Crippen LogP contribution is -2.10. The van der Waals surface area contributed by atoms with Gasteiger partial charge < -0.3 is 9.47 Å². The molecule has 0 unspecified atom stereocenters. The molecular formula is C17H19NO3. The molecule has 0 aliphatic heterocycles. The molecule has 0 atom stereocenters. The van der Waals surface area contributed by atoms with Crippen LogP contribution in [0.15, 0.2) is 36.4 Å². The van der Waals surface area contributed by atoms with Crippen molar-refractivity contribution in [3.8, 4) is 17.0 Å². The fraction of sp³-hybridized carbons (Fsp3) is 0.294. The van der Waals surface area contributed by atoms with Crippen molar-refractivity contribution in [2.45, 2.75) is 20.8 Å². The molecule has 2 rings (SSSR count). The van der Waals surface area contributed by atoms with E-state index in [4.69, 9.17) is 9.47 Å². The molecule has 110 valence electrons. The van der Waals surface area contributed by atoms with E-state index in [1.807, 2.05) is 44.2 Å². The number of ether oxygens (including phenoxy) is 2. The van der Waals surface area contributed by atoms with Gasteiger partial charge in [0.25, 0.3) is 0 Å². The second-order valence-corrected chi connectivity index (χ2v) is 4.56. The highest BCUT2D eigenvalue weighted by Crippen LogP contribution is 2.24. The van der Waals surface area contributed by atoms with E-state index in [0.29, 0.717) is 19.0 Å². The largest absolute Gasteiger partial charge is 0.491 e. The maximum Gasteiger partial charge on any atom is 0.360 e. The summed E-state index contributed by atoms with van der Waals surface area (Å²) in [6, 6.07) is 11.6. The molecule has 0 saturated carbocycles. The zero-order valence-corrected chi connectivity index (χ0v) is 12.6. The fourth-order valence-corrected chi connectivity index (χ4v) is 1.95. The van der Waals surface area contributed by atoms with Gasteiger partial charge in [-0.3, -0.25) is 0 Å². The zero-order chi connectivity index (χ0) is 15.2. The summed E-state index contributed by atoms with van der Waals surface area (Å²) in [6.45, 7) is 6.43. The van der Waals surface area contributed by atoms with Crippen molar-refractivity contribution in [1.29, 1.82) is 0 Å². The number of carbonyl (C=O) groups is 1. The number of nitrogens with zero attached hydrogens (tertiary/aromatic N) is 1. The van der Waals surface area contributed by atoms with Crippen LogP contribution in [0.25, 0.3) is 11.3 Å². The first-order chi connectivity index (χ1) is 10.2. The molecule has 0 amide bonds. The second-order valence-electron chi connectivity index (χ2n) is 4.56. The molecule has 0 fully saturated rings. The quantitative estimate of drug-likeness (QED) is 0.787. The number of carbonyl (C=O) groups excluding carboxylic acids is 1. The van der Waals surface area contributed by atoms with Gasteiger partial charge in [0.15, 0.2) is 11.4 Å². The fourth-order valence-electron chi connectivity index (χ4n) is 1.95. The Bertz CT molecular complexity index is 620. The third-order valence-electron chi connectivity index (χ3n) is 2.97.